The van der Waals surface area contributed by atoms with Gasteiger partial charge in [0.1, 0.15) is 6.54 Å². The predicted octanol–water partition coefficient (Wildman–Crippen LogP) is -0.295. The van der Waals surface area contributed by atoms with Crippen LogP contribution in [-0.4, -0.2) is 39.5 Å². The van der Waals surface area contributed by atoms with E-state index < -0.39 is 29.4 Å². The molecule has 1 aromatic rings. The number of hydrogen-bond donors (Lipinski definition) is 3. The molecule has 0 aliphatic heterocycles. The van der Waals surface area contributed by atoms with Gasteiger partial charge in [-0.05, 0) is 12.1 Å². The molecule has 0 bridgehead atoms. The molecule has 0 fully saturated rings. The fourth-order valence-corrected chi connectivity index (χ4v) is 1.21. The van der Waals surface area contributed by atoms with E-state index in [0.29, 0.717) is 0 Å². The van der Waals surface area contributed by atoms with Crippen LogP contribution in [0, 0.1) is 10.1 Å². The lowest BCUT2D eigenvalue weighted by Crippen LogP contribution is -2.47. The molecule has 10 heteroatoms. The quantitative estimate of drug-likeness (QED) is 0.296. The predicted molar refractivity (Wildman–Crippen MR) is 64.5 cm³/mol. The van der Waals surface area contributed by atoms with E-state index in [1.165, 1.54) is 0 Å². The summed E-state index contributed by atoms with van der Waals surface area (Å²) in [5.74, 6) is 3.38. The van der Waals surface area contributed by atoms with Gasteiger partial charge in [-0.1, -0.05) is 0 Å². The van der Waals surface area contributed by atoms with E-state index in [2.05, 4.69) is 0 Å². The van der Waals surface area contributed by atoms with E-state index in [9.17, 15) is 24.5 Å². The Morgan fingerprint density at radius 1 is 1.30 bits per heavy atom. The summed E-state index contributed by atoms with van der Waals surface area (Å²) in [5, 5.41) is 20.7. The third kappa shape index (κ3) is 3.74. The van der Waals surface area contributed by atoms with Gasteiger partial charge in [0.15, 0.2) is 0 Å². The van der Waals surface area contributed by atoms with E-state index >= 15 is 0 Å². The van der Waals surface area contributed by atoms with Crippen molar-refractivity contribution in [3.8, 4) is 0 Å². The largest absolute Gasteiger partial charge is 0.465 e. The zero-order chi connectivity index (χ0) is 15.3. The van der Waals surface area contributed by atoms with Crippen molar-refractivity contribution in [1.82, 2.24) is 10.3 Å². The zero-order valence-corrected chi connectivity index (χ0v) is 9.98. The van der Waals surface area contributed by atoms with Gasteiger partial charge in [-0.3, -0.25) is 19.7 Å². The Labute approximate surface area is 111 Å². The molecule has 0 heterocycles. The average Bonchev–Trinajstić information content (AvgIpc) is 2.43. The van der Waals surface area contributed by atoms with Crippen LogP contribution >= 0.6 is 0 Å². The maximum atomic E-state index is 11.7. The van der Waals surface area contributed by atoms with Gasteiger partial charge < -0.3 is 10.4 Å². The molecule has 0 spiro atoms. The zero-order valence-electron chi connectivity index (χ0n) is 9.98. The number of carbonyl (C=O) groups excluding carboxylic acids is 2. The fraction of sp³-hybridized carbons (Fsp3) is 0.100. The van der Waals surface area contributed by atoms with Crippen molar-refractivity contribution in [2.24, 2.45) is 5.84 Å². The van der Waals surface area contributed by atoms with Crippen LogP contribution in [-0.2, 0) is 4.79 Å². The van der Waals surface area contributed by atoms with Gasteiger partial charge >= 0.3 is 6.09 Å². The molecule has 0 saturated heterocycles. The summed E-state index contributed by atoms with van der Waals surface area (Å²) >= 11 is 0. The summed E-state index contributed by atoms with van der Waals surface area (Å²) in [6, 6.07) is 4.44. The summed E-state index contributed by atoms with van der Waals surface area (Å²) < 4.78 is 0. The molecule has 0 unspecified atom stereocenters. The lowest BCUT2D eigenvalue weighted by atomic mass is 10.2. The highest BCUT2D eigenvalue weighted by molar-refractivity contribution is 6.05. The van der Waals surface area contributed by atoms with Crippen LogP contribution in [0.2, 0.25) is 0 Å². The molecule has 1 rings (SSSR count). The number of amides is 3. The van der Waals surface area contributed by atoms with Gasteiger partial charge in [0, 0.05) is 17.7 Å². The number of nitrogens with one attached hydrogen (secondary N) is 1. The number of nitrogens with zero attached hydrogens (tertiary/aromatic N) is 2. The lowest BCUT2D eigenvalue weighted by Gasteiger charge is -2.14. The molecule has 0 atom stereocenters. The summed E-state index contributed by atoms with van der Waals surface area (Å²) in [6.45, 7) is -0.662. The maximum Gasteiger partial charge on any atom is 0.405 e. The molecule has 0 aliphatic carbocycles. The Morgan fingerprint density at radius 2 is 1.85 bits per heavy atom. The normalized spacial score (nSPS) is 9.65. The first-order chi connectivity index (χ1) is 9.32. The first kappa shape index (κ1) is 15.0. The van der Waals surface area contributed by atoms with Crippen molar-refractivity contribution in [1.29, 1.82) is 0 Å². The van der Waals surface area contributed by atoms with Crippen molar-refractivity contribution < 1.29 is 24.4 Å². The van der Waals surface area contributed by atoms with E-state index in [1.54, 1.807) is 5.32 Å². The third-order valence-electron chi connectivity index (χ3n) is 2.20. The van der Waals surface area contributed by atoms with Crippen LogP contribution < -0.4 is 11.2 Å². The number of carbonyl (C=O) groups is 3. The maximum absolute atomic E-state index is 11.7. The van der Waals surface area contributed by atoms with Crippen molar-refractivity contribution in [2.45, 2.75) is 0 Å². The molecule has 0 saturated carbocycles. The van der Waals surface area contributed by atoms with Crippen LogP contribution in [0.3, 0.4) is 0 Å². The Balaban J connectivity index is 2.75. The second-order valence-electron chi connectivity index (χ2n) is 3.53. The molecular weight excluding hydrogens is 272 g/mol. The number of benzene rings is 1. The molecular formula is C10H10N4O6. The van der Waals surface area contributed by atoms with Gasteiger partial charge in [-0.2, -0.15) is 0 Å². The first-order valence-electron chi connectivity index (χ1n) is 5.16. The topological polar surface area (TPSA) is 156 Å². The smallest absolute Gasteiger partial charge is 0.405 e. The van der Waals surface area contributed by atoms with Gasteiger partial charge in [0.25, 0.3) is 17.5 Å². The molecule has 106 valence electrons. The highest BCUT2D eigenvalue weighted by atomic mass is 16.6. The molecule has 0 aromatic heterocycles. The minimum atomic E-state index is -1.44. The number of hydrazine groups is 1. The average molecular weight is 282 g/mol. The van der Waals surface area contributed by atoms with Crippen LogP contribution in [0.1, 0.15) is 10.4 Å². The van der Waals surface area contributed by atoms with Crippen molar-refractivity contribution >= 4 is 23.6 Å². The van der Waals surface area contributed by atoms with Gasteiger partial charge in [-0.15, -0.1) is 0 Å². The molecule has 0 radical (unpaired) electrons. The van der Waals surface area contributed by atoms with Crippen LogP contribution in [0.15, 0.2) is 24.3 Å². The molecule has 0 aliphatic rings. The summed E-state index contributed by atoms with van der Waals surface area (Å²) in [6.07, 6.45) is -1.44. The van der Waals surface area contributed by atoms with Crippen molar-refractivity contribution in [2.75, 3.05) is 6.54 Å². The number of nitro groups is 1. The summed E-state index contributed by atoms with van der Waals surface area (Å²) in [7, 11) is 0. The van der Waals surface area contributed by atoms with Crippen molar-refractivity contribution in [3.05, 3.63) is 39.9 Å². The number of carboxylic acid groups (broad SMARTS) is 1. The van der Waals surface area contributed by atoms with Gasteiger partial charge in [0.2, 0.25) is 0 Å². The first-order valence-corrected chi connectivity index (χ1v) is 5.16. The van der Waals surface area contributed by atoms with Gasteiger partial charge in [-0.25, -0.2) is 15.6 Å². The van der Waals surface area contributed by atoms with Crippen LogP contribution in [0.4, 0.5) is 10.5 Å². The number of non-ortho nitro benzene ring substituents is 1. The Bertz CT molecular complexity index is 555. The number of hydrogen-bond acceptors (Lipinski definition) is 6. The molecule has 10 nitrogen and oxygen atoms in total. The number of rotatable bonds is 4. The Hall–Kier alpha value is -3.01. The third-order valence-corrected chi connectivity index (χ3v) is 2.20. The standard InChI is InChI=1S/C10H10N4O6/c11-13(8(15)5-12-10(17)18)9(16)6-1-3-7(4-2-6)14(19)20/h1-4,12H,5,11H2,(H,17,18). The minimum absolute atomic E-state index is 0.0400. The monoisotopic (exact) mass is 282 g/mol. The molecule has 1 aromatic carbocycles. The number of imide groups is 1. The van der Waals surface area contributed by atoms with E-state index in [0.717, 1.165) is 24.3 Å². The highest BCUT2D eigenvalue weighted by Gasteiger charge is 2.20. The van der Waals surface area contributed by atoms with Gasteiger partial charge in [0.05, 0.1) is 4.92 Å². The number of nitrogens with two attached hydrogens (primary N) is 1. The van der Waals surface area contributed by atoms with E-state index in [1.807, 2.05) is 0 Å². The molecule has 3 amide bonds. The Morgan fingerprint density at radius 3 is 2.30 bits per heavy atom. The second kappa shape index (κ2) is 6.24. The van der Waals surface area contributed by atoms with Crippen LogP contribution in [0.5, 0.6) is 0 Å². The van der Waals surface area contributed by atoms with E-state index in [-0.39, 0.29) is 16.3 Å². The number of nitro benzene ring substituents is 1. The molecule has 20 heavy (non-hydrogen) atoms. The summed E-state index contributed by atoms with van der Waals surface area (Å²) in [4.78, 5) is 43.1. The fourth-order valence-electron chi connectivity index (χ4n) is 1.21. The van der Waals surface area contributed by atoms with Crippen molar-refractivity contribution in [3.63, 3.8) is 0 Å². The lowest BCUT2D eigenvalue weighted by molar-refractivity contribution is -0.384. The SMILES string of the molecule is NN(C(=O)CNC(=O)O)C(=O)c1ccc([N+](=O)[O-])cc1. The van der Waals surface area contributed by atoms with E-state index in [4.69, 9.17) is 10.9 Å². The van der Waals surface area contributed by atoms with Crippen LogP contribution in [0.25, 0.3) is 0 Å². The Kier molecular flexibility index (Phi) is 4.70. The molecule has 4 N–H and O–H groups in total. The highest BCUT2D eigenvalue weighted by Crippen LogP contribution is 2.12. The second-order valence-corrected chi connectivity index (χ2v) is 3.53. The minimum Gasteiger partial charge on any atom is -0.465 e. The summed E-state index contributed by atoms with van der Waals surface area (Å²) in [5.41, 5.74) is -0.259.